The molecule has 0 saturated carbocycles. The van der Waals surface area contributed by atoms with E-state index in [2.05, 4.69) is 40.3 Å². The molecule has 3 heteroatoms. The van der Waals surface area contributed by atoms with Crippen molar-refractivity contribution in [3.63, 3.8) is 0 Å². The van der Waals surface area contributed by atoms with Gasteiger partial charge in [0.25, 0.3) is 5.91 Å². The maximum atomic E-state index is 12.4. The van der Waals surface area contributed by atoms with Crippen molar-refractivity contribution in [1.82, 2.24) is 0 Å². The summed E-state index contributed by atoms with van der Waals surface area (Å²) in [6.07, 6.45) is 3.43. The third-order valence-electron chi connectivity index (χ3n) is 3.87. The van der Waals surface area contributed by atoms with Gasteiger partial charge in [-0.05, 0) is 83.6 Å². The third kappa shape index (κ3) is 4.20. The molecule has 116 valence electrons. The molecule has 0 atom stereocenters. The van der Waals surface area contributed by atoms with Crippen molar-refractivity contribution >= 4 is 27.5 Å². The molecule has 0 radical (unpaired) electrons. The maximum Gasteiger partial charge on any atom is 0.255 e. The Morgan fingerprint density at radius 3 is 2.50 bits per heavy atom. The van der Waals surface area contributed by atoms with Gasteiger partial charge in [0.1, 0.15) is 0 Å². The number of hydrogen-bond donors (Lipinski definition) is 1. The van der Waals surface area contributed by atoms with E-state index in [-0.39, 0.29) is 5.91 Å². The highest BCUT2D eigenvalue weighted by Gasteiger charge is 2.09. The van der Waals surface area contributed by atoms with Crippen molar-refractivity contribution in [2.24, 2.45) is 0 Å². The second kappa shape index (κ2) is 7.59. The van der Waals surface area contributed by atoms with Crippen LogP contribution in [-0.2, 0) is 6.42 Å². The van der Waals surface area contributed by atoms with Gasteiger partial charge in [-0.3, -0.25) is 4.79 Å². The van der Waals surface area contributed by atoms with Crippen molar-refractivity contribution in [2.75, 3.05) is 5.32 Å². The summed E-state index contributed by atoms with van der Waals surface area (Å²) in [5, 5.41) is 2.97. The predicted octanol–water partition coefficient (Wildman–Crippen LogP) is 5.66. The van der Waals surface area contributed by atoms with E-state index in [4.69, 9.17) is 0 Å². The maximum absolute atomic E-state index is 12.4. The molecular formula is C19H22BrNO. The molecule has 0 bridgehead atoms. The minimum Gasteiger partial charge on any atom is -0.321 e. The smallest absolute Gasteiger partial charge is 0.255 e. The molecule has 0 aliphatic heterocycles. The van der Waals surface area contributed by atoms with Crippen molar-refractivity contribution in [1.29, 1.82) is 0 Å². The number of amides is 1. The fraction of sp³-hybridized carbons (Fsp3) is 0.316. The second-order valence-electron chi connectivity index (χ2n) is 5.67. The first-order chi connectivity index (χ1) is 10.5. The largest absolute Gasteiger partial charge is 0.321 e. The van der Waals surface area contributed by atoms with Gasteiger partial charge in [-0.15, -0.1) is 0 Å². The van der Waals surface area contributed by atoms with Crippen LogP contribution in [-0.4, -0.2) is 5.91 Å². The summed E-state index contributed by atoms with van der Waals surface area (Å²) in [7, 11) is 0. The number of unbranched alkanes of at least 4 members (excludes halogenated alkanes) is 1. The lowest BCUT2D eigenvalue weighted by Crippen LogP contribution is -2.12. The Bertz CT molecular complexity index is 679. The molecule has 0 heterocycles. The first kappa shape index (κ1) is 16.8. The highest BCUT2D eigenvalue weighted by Crippen LogP contribution is 2.25. The van der Waals surface area contributed by atoms with Gasteiger partial charge in [-0.2, -0.15) is 0 Å². The van der Waals surface area contributed by atoms with Gasteiger partial charge in [0.05, 0.1) is 5.69 Å². The highest BCUT2D eigenvalue weighted by molar-refractivity contribution is 9.10. The van der Waals surface area contributed by atoms with Crippen LogP contribution < -0.4 is 5.32 Å². The second-order valence-corrected chi connectivity index (χ2v) is 6.53. The van der Waals surface area contributed by atoms with Gasteiger partial charge in [-0.1, -0.05) is 25.5 Å². The molecule has 0 fully saturated rings. The number of halogens is 1. The van der Waals surface area contributed by atoms with Crippen LogP contribution in [0, 0.1) is 13.8 Å². The van der Waals surface area contributed by atoms with Crippen molar-refractivity contribution in [3.05, 3.63) is 63.1 Å². The first-order valence-electron chi connectivity index (χ1n) is 7.68. The molecule has 22 heavy (non-hydrogen) atoms. The van der Waals surface area contributed by atoms with Crippen molar-refractivity contribution in [2.45, 2.75) is 40.0 Å². The minimum atomic E-state index is -0.0786. The fourth-order valence-corrected chi connectivity index (χ4v) is 2.80. The number of nitrogens with one attached hydrogen (secondary N) is 1. The van der Waals surface area contributed by atoms with E-state index >= 15 is 0 Å². The number of carbonyl (C=O) groups excluding carboxylic acids is 1. The summed E-state index contributed by atoms with van der Waals surface area (Å²) >= 11 is 3.55. The molecule has 2 aromatic rings. The SMILES string of the molecule is CCCCc1ccc(NC(=O)c2ccc(C)c(C)c2)c(Br)c1. The van der Waals surface area contributed by atoms with Crippen molar-refractivity contribution in [3.8, 4) is 0 Å². The van der Waals surface area contributed by atoms with Gasteiger partial charge in [0.2, 0.25) is 0 Å². The van der Waals surface area contributed by atoms with E-state index < -0.39 is 0 Å². The molecule has 0 aliphatic carbocycles. The number of carbonyl (C=O) groups is 1. The Hall–Kier alpha value is -1.61. The van der Waals surface area contributed by atoms with Crippen LogP contribution in [0.25, 0.3) is 0 Å². The molecule has 0 spiro atoms. The summed E-state index contributed by atoms with van der Waals surface area (Å²) in [6, 6.07) is 11.9. The zero-order valence-electron chi connectivity index (χ0n) is 13.4. The van der Waals surface area contributed by atoms with E-state index in [0.717, 1.165) is 22.1 Å². The number of aryl methyl sites for hydroxylation is 3. The molecule has 0 aromatic heterocycles. The molecule has 2 rings (SSSR count). The molecule has 0 aliphatic rings. The lowest BCUT2D eigenvalue weighted by atomic mass is 10.1. The minimum absolute atomic E-state index is 0.0786. The molecule has 2 aromatic carbocycles. The summed E-state index contributed by atoms with van der Waals surface area (Å²) in [5.74, 6) is -0.0786. The molecule has 1 amide bonds. The topological polar surface area (TPSA) is 29.1 Å². The molecule has 2 nitrogen and oxygen atoms in total. The fourth-order valence-electron chi connectivity index (χ4n) is 2.27. The van der Waals surface area contributed by atoms with Gasteiger partial charge in [-0.25, -0.2) is 0 Å². The summed E-state index contributed by atoms with van der Waals surface area (Å²) < 4.78 is 0.929. The van der Waals surface area contributed by atoms with Crippen LogP contribution in [0.5, 0.6) is 0 Å². The zero-order valence-corrected chi connectivity index (χ0v) is 15.0. The predicted molar refractivity (Wildman–Crippen MR) is 96.6 cm³/mol. The van der Waals surface area contributed by atoms with Crippen LogP contribution in [0.1, 0.15) is 46.8 Å². The first-order valence-corrected chi connectivity index (χ1v) is 8.47. The molecule has 0 unspecified atom stereocenters. The standard InChI is InChI=1S/C19H22BrNO/c1-4-5-6-15-8-10-18(17(20)12-15)21-19(22)16-9-7-13(2)14(3)11-16/h7-12H,4-6H2,1-3H3,(H,21,22). The number of benzene rings is 2. The lowest BCUT2D eigenvalue weighted by Gasteiger charge is -2.10. The monoisotopic (exact) mass is 359 g/mol. The van der Waals surface area contributed by atoms with E-state index in [0.29, 0.717) is 5.56 Å². The lowest BCUT2D eigenvalue weighted by molar-refractivity contribution is 0.102. The normalized spacial score (nSPS) is 10.5. The van der Waals surface area contributed by atoms with Gasteiger partial charge in [0, 0.05) is 10.0 Å². The van der Waals surface area contributed by atoms with E-state index in [1.54, 1.807) is 0 Å². The van der Waals surface area contributed by atoms with Crippen molar-refractivity contribution < 1.29 is 4.79 Å². The Kier molecular flexibility index (Phi) is 5.78. The van der Waals surface area contributed by atoms with Gasteiger partial charge < -0.3 is 5.32 Å². The quantitative estimate of drug-likeness (QED) is 0.732. The van der Waals surface area contributed by atoms with E-state index in [1.807, 2.05) is 38.1 Å². The Morgan fingerprint density at radius 1 is 1.09 bits per heavy atom. The summed E-state index contributed by atoms with van der Waals surface area (Å²) in [5.41, 5.74) is 5.10. The number of hydrogen-bond acceptors (Lipinski definition) is 1. The van der Waals surface area contributed by atoms with E-state index in [9.17, 15) is 4.79 Å². The average Bonchev–Trinajstić information content (AvgIpc) is 2.50. The van der Waals surface area contributed by atoms with Gasteiger partial charge in [0.15, 0.2) is 0 Å². The zero-order chi connectivity index (χ0) is 16.1. The molecular weight excluding hydrogens is 338 g/mol. The molecule has 1 N–H and O–H groups in total. The molecule has 0 saturated heterocycles. The van der Waals surface area contributed by atoms with Crippen LogP contribution in [0.3, 0.4) is 0 Å². The Balaban J connectivity index is 2.12. The average molecular weight is 360 g/mol. The summed E-state index contributed by atoms with van der Waals surface area (Å²) in [6.45, 7) is 6.25. The number of anilines is 1. The van der Waals surface area contributed by atoms with Crippen LogP contribution >= 0.6 is 15.9 Å². The summed E-state index contributed by atoms with van der Waals surface area (Å²) in [4.78, 5) is 12.4. The van der Waals surface area contributed by atoms with E-state index in [1.165, 1.54) is 24.0 Å². The van der Waals surface area contributed by atoms with Crippen LogP contribution in [0.2, 0.25) is 0 Å². The Morgan fingerprint density at radius 2 is 1.86 bits per heavy atom. The highest BCUT2D eigenvalue weighted by atomic mass is 79.9. The third-order valence-corrected chi connectivity index (χ3v) is 4.53. The number of rotatable bonds is 5. The Labute approximate surface area is 141 Å². The van der Waals surface area contributed by atoms with Crippen LogP contribution in [0.15, 0.2) is 40.9 Å². The van der Waals surface area contributed by atoms with Crippen LogP contribution in [0.4, 0.5) is 5.69 Å². The van der Waals surface area contributed by atoms with Gasteiger partial charge >= 0.3 is 0 Å².